The van der Waals surface area contributed by atoms with E-state index in [1.165, 1.54) is 6.26 Å². The normalized spacial score (nSPS) is 23.9. The summed E-state index contributed by atoms with van der Waals surface area (Å²) in [6.07, 6.45) is 4.76. The van der Waals surface area contributed by atoms with Gasteiger partial charge in [-0.3, -0.25) is 4.79 Å². The van der Waals surface area contributed by atoms with Crippen molar-refractivity contribution in [1.82, 2.24) is 5.32 Å². The molecule has 0 aromatic carbocycles. The number of rotatable bonds is 4. The first-order valence-electron chi connectivity index (χ1n) is 5.84. The standard InChI is InChI=1S/C12H16BrNO3/c13-11-10(4-5-17-11)12(16)14-6-8-2-1-3-9(8)7-15/h4-5,8-9,15H,1-3,6-7H2,(H,14,16). The van der Waals surface area contributed by atoms with Gasteiger partial charge in [0.05, 0.1) is 11.8 Å². The molecule has 2 atom stereocenters. The van der Waals surface area contributed by atoms with Crippen molar-refractivity contribution < 1.29 is 14.3 Å². The molecule has 1 heterocycles. The maximum Gasteiger partial charge on any atom is 0.255 e. The molecule has 1 amide bonds. The number of aliphatic hydroxyl groups is 1. The molecule has 17 heavy (non-hydrogen) atoms. The molecule has 1 aromatic rings. The third-order valence-corrected chi connectivity index (χ3v) is 4.05. The predicted molar refractivity (Wildman–Crippen MR) is 66.7 cm³/mol. The Bertz CT molecular complexity index is 391. The molecule has 1 aliphatic carbocycles. The van der Waals surface area contributed by atoms with E-state index >= 15 is 0 Å². The highest BCUT2D eigenvalue weighted by atomic mass is 79.9. The van der Waals surface area contributed by atoms with Crippen molar-refractivity contribution in [1.29, 1.82) is 0 Å². The molecular formula is C12H16BrNO3. The van der Waals surface area contributed by atoms with Gasteiger partial charge in [-0.2, -0.15) is 0 Å². The molecule has 1 fully saturated rings. The van der Waals surface area contributed by atoms with Gasteiger partial charge in [-0.15, -0.1) is 0 Å². The second-order valence-corrected chi connectivity index (χ2v) is 5.17. The number of halogens is 1. The van der Waals surface area contributed by atoms with Gasteiger partial charge in [0, 0.05) is 13.2 Å². The van der Waals surface area contributed by atoms with Gasteiger partial charge in [-0.25, -0.2) is 0 Å². The van der Waals surface area contributed by atoms with E-state index in [2.05, 4.69) is 21.2 Å². The summed E-state index contributed by atoms with van der Waals surface area (Å²) in [7, 11) is 0. The van der Waals surface area contributed by atoms with Crippen LogP contribution in [0.5, 0.6) is 0 Å². The lowest BCUT2D eigenvalue weighted by Crippen LogP contribution is -2.31. The van der Waals surface area contributed by atoms with Crippen LogP contribution in [0.1, 0.15) is 29.6 Å². The molecule has 2 N–H and O–H groups in total. The van der Waals surface area contributed by atoms with E-state index in [0.29, 0.717) is 28.6 Å². The maximum atomic E-state index is 11.8. The number of carbonyl (C=O) groups excluding carboxylic acids is 1. The van der Waals surface area contributed by atoms with Crippen LogP contribution in [0, 0.1) is 11.8 Å². The maximum absolute atomic E-state index is 11.8. The van der Waals surface area contributed by atoms with Gasteiger partial charge in [-0.05, 0) is 46.7 Å². The fourth-order valence-electron chi connectivity index (χ4n) is 2.40. The van der Waals surface area contributed by atoms with Crippen molar-refractivity contribution in [3.63, 3.8) is 0 Å². The number of aliphatic hydroxyl groups excluding tert-OH is 1. The minimum atomic E-state index is -0.130. The molecule has 1 aromatic heterocycles. The topological polar surface area (TPSA) is 62.5 Å². The Hall–Kier alpha value is -0.810. The smallest absolute Gasteiger partial charge is 0.255 e. The van der Waals surface area contributed by atoms with Gasteiger partial charge < -0.3 is 14.8 Å². The summed E-state index contributed by atoms with van der Waals surface area (Å²) in [5, 5.41) is 12.1. The summed E-state index contributed by atoms with van der Waals surface area (Å²) >= 11 is 3.18. The van der Waals surface area contributed by atoms with Gasteiger partial charge in [0.2, 0.25) is 0 Å². The summed E-state index contributed by atoms with van der Waals surface area (Å²) < 4.78 is 5.47. The van der Waals surface area contributed by atoms with E-state index in [0.717, 1.165) is 19.3 Å². The second-order valence-electron chi connectivity index (χ2n) is 4.45. The number of nitrogens with one attached hydrogen (secondary N) is 1. The molecule has 0 bridgehead atoms. The average molecular weight is 302 g/mol. The first-order valence-corrected chi connectivity index (χ1v) is 6.63. The van der Waals surface area contributed by atoms with Crippen molar-refractivity contribution in [3.8, 4) is 0 Å². The van der Waals surface area contributed by atoms with Crippen LogP contribution in [0.25, 0.3) is 0 Å². The first kappa shape index (κ1) is 12.6. The van der Waals surface area contributed by atoms with Crippen LogP contribution in [0.3, 0.4) is 0 Å². The zero-order valence-electron chi connectivity index (χ0n) is 9.49. The minimum Gasteiger partial charge on any atom is -0.457 e. The molecule has 0 spiro atoms. The molecule has 0 saturated heterocycles. The minimum absolute atomic E-state index is 0.130. The number of carbonyl (C=O) groups is 1. The van der Waals surface area contributed by atoms with Crippen molar-refractivity contribution >= 4 is 21.8 Å². The molecule has 1 saturated carbocycles. The molecule has 1 aliphatic rings. The summed E-state index contributed by atoms with van der Waals surface area (Å²) in [4.78, 5) is 11.8. The van der Waals surface area contributed by atoms with E-state index in [-0.39, 0.29) is 12.5 Å². The van der Waals surface area contributed by atoms with E-state index < -0.39 is 0 Å². The SMILES string of the molecule is O=C(NCC1CCCC1CO)c1ccoc1Br. The number of amides is 1. The number of hydrogen-bond acceptors (Lipinski definition) is 3. The number of hydrogen-bond donors (Lipinski definition) is 2. The third kappa shape index (κ3) is 2.90. The Morgan fingerprint density at radius 1 is 1.53 bits per heavy atom. The lowest BCUT2D eigenvalue weighted by molar-refractivity contribution is 0.0936. The van der Waals surface area contributed by atoms with E-state index in [4.69, 9.17) is 4.42 Å². The van der Waals surface area contributed by atoms with Crippen LogP contribution in [0.2, 0.25) is 0 Å². The third-order valence-electron chi connectivity index (χ3n) is 3.44. The highest BCUT2D eigenvalue weighted by molar-refractivity contribution is 9.10. The molecule has 4 nitrogen and oxygen atoms in total. The lowest BCUT2D eigenvalue weighted by atomic mass is 9.97. The van der Waals surface area contributed by atoms with Crippen molar-refractivity contribution in [2.45, 2.75) is 19.3 Å². The quantitative estimate of drug-likeness (QED) is 0.896. The van der Waals surface area contributed by atoms with Crippen molar-refractivity contribution in [2.75, 3.05) is 13.2 Å². The summed E-state index contributed by atoms with van der Waals surface area (Å²) in [5.41, 5.74) is 0.517. The van der Waals surface area contributed by atoms with Crippen molar-refractivity contribution in [3.05, 3.63) is 22.6 Å². The molecule has 0 radical (unpaired) electrons. The molecule has 2 rings (SSSR count). The fourth-order valence-corrected chi connectivity index (χ4v) is 2.82. The van der Waals surface area contributed by atoms with Crippen LogP contribution in [-0.4, -0.2) is 24.2 Å². The van der Waals surface area contributed by atoms with Gasteiger partial charge in [-0.1, -0.05) is 6.42 Å². The number of furan rings is 1. The largest absolute Gasteiger partial charge is 0.457 e. The molecule has 0 aliphatic heterocycles. The Kier molecular flexibility index (Phi) is 4.23. The van der Waals surface area contributed by atoms with E-state index in [1.807, 2.05) is 0 Å². The van der Waals surface area contributed by atoms with Crippen LogP contribution < -0.4 is 5.32 Å². The van der Waals surface area contributed by atoms with Crippen LogP contribution in [0.4, 0.5) is 0 Å². The Morgan fingerprint density at radius 3 is 2.94 bits per heavy atom. The highest BCUT2D eigenvalue weighted by Crippen LogP contribution is 2.30. The predicted octanol–water partition coefficient (Wildman–Crippen LogP) is 2.18. The van der Waals surface area contributed by atoms with E-state index in [9.17, 15) is 9.90 Å². The van der Waals surface area contributed by atoms with Gasteiger partial charge >= 0.3 is 0 Å². The van der Waals surface area contributed by atoms with E-state index in [1.54, 1.807) is 6.07 Å². The van der Waals surface area contributed by atoms with Gasteiger partial charge in [0.1, 0.15) is 0 Å². The lowest BCUT2D eigenvalue weighted by Gasteiger charge is -2.17. The first-order chi connectivity index (χ1) is 8.22. The Labute approximate surface area is 109 Å². The Balaban J connectivity index is 1.86. The monoisotopic (exact) mass is 301 g/mol. The summed E-state index contributed by atoms with van der Waals surface area (Å²) in [6, 6.07) is 1.64. The average Bonchev–Trinajstić information content (AvgIpc) is 2.94. The Morgan fingerprint density at radius 2 is 2.29 bits per heavy atom. The summed E-state index contributed by atoms with van der Waals surface area (Å²) in [5.74, 6) is 0.604. The second kappa shape index (κ2) is 5.69. The van der Waals surface area contributed by atoms with Crippen LogP contribution >= 0.6 is 15.9 Å². The molecular weight excluding hydrogens is 286 g/mol. The highest BCUT2D eigenvalue weighted by Gasteiger charge is 2.27. The van der Waals surface area contributed by atoms with Gasteiger partial charge in [0.25, 0.3) is 5.91 Å². The van der Waals surface area contributed by atoms with Crippen LogP contribution in [0.15, 0.2) is 21.4 Å². The van der Waals surface area contributed by atoms with Gasteiger partial charge in [0.15, 0.2) is 4.67 Å². The molecule has 5 heteroatoms. The summed E-state index contributed by atoms with van der Waals surface area (Å²) in [6.45, 7) is 0.845. The zero-order chi connectivity index (χ0) is 12.3. The van der Waals surface area contributed by atoms with Crippen molar-refractivity contribution in [2.24, 2.45) is 11.8 Å². The fraction of sp³-hybridized carbons (Fsp3) is 0.583. The molecule has 94 valence electrons. The zero-order valence-corrected chi connectivity index (χ0v) is 11.1. The molecule has 2 unspecified atom stereocenters. The van der Waals surface area contributed by atoms with Crippen LogP contribution in [-0.2, 0) is 0 Å².